The van der Waals surface area contributed by atoms with Crippen molar-refractivity contribution >= 4 is 17.3 Å². The first kappa shape index (κ1) is 12.7. The molecule has 0 aromatic heterocycles. The second-order valence-corrected chi connectivity index (χ2v) is 5.39. The molecule has 1 fully saturated rings. The molecule has 1 aliphatic carbocycles. The molecule has 1 unspecified atom stereocenters. The summed E-state index contributed by atoms with van der Waals surface area (Å²) in [5, 5.41) is 3.72. The Morgan fingerprint density at radius 3 is 2.65 bits per heavy atom. The Bertz CT molecular complexity index is 374. The molecular weight excluding hydrogens is 237 g/mol. The van der Waals surface area contributed by atoms with E-state index in [1.54, 1.807) is 12.1 Å². The quantitative estimate of drug-likeness (QED) is 0.813. The number of hydrogen-bond acceptors (Lipinski definition) is 1. The summed E-state index contributed by atoms with van der Waals surface area (Å²) in [5.74, 6) is 0.402. The zero-order chi connectivity index (χ0) is 12.3. The van der Waals surface area contributed by atoms with Crippen molar-refractivity contribution in [1.82, 2.24) is 0 Å². The fourth-order valence-electron chi connectivity index (χ4n) is 2.60. The molecule has 0 amide bonds. The molecule has 0 bridgehead atoms. The van der Waals surface area contributed by atoms with Crippen LogP contribution in [0.1, 0.15) is 39.0 Å². The number of anilines is 1. The van der Waals surface area contributed by atoms with E-state index < -0.39 is 0 Å². The van der Waals surface area contributed by atoms with E-state index in [0.717, 1.165) is 0 Å². The summed E-state index contributed by atoms with van der Waals surface area (Å²) in [5.41, 5.74) is 0.562. The van der Waals surface area contributed by atoms with Crippen LogP contribution in [0.4, 0.5) is 10.1 Å². The van der Waals surface area contributed by atoms with Crippen molar-refractivity contribution in [3.05, 3.63) is 29.0 Å². The molecule has 1 N–H and O–H groups in total. The number of nitrogens with one attached hydrogen (secondary N) is 1. The van der Waals surface area contributed by atoms with E-state index in [1.807, 2.05) is 0 Å². The third-order valence-electron chi connectivity index (χ3n) is 3.67. The van der Waals surface area contributed by atoms with Crippen LogP contribution in [0.3, 0.4) is 0 Å². The monoisotopic (exact) mass is 255 g/mol. The lowest BCUT2D eigenvalue weighted by molar-refractivity contribution is 0.328. The lowest BCUT2D eigenvalue weighted by atomic mass is 9.84. The zero-order valence-electron chi connectivity index (χ0n) is 10.2. The Labute approximate surface area is 107 Å². The van der Waals surface area contributed by atoms with Crippen LogP contribution in [0, 0.1) is 11.7 Å². The maximum absolute atomic E-state index is 13.6. The number of rotatable bonds is 3. The highest BCUT2D eigenvalue weighted by Crippen LogP contribution is 2.29. The van der Waals surface area contributed by atoms with E-state index in [1.165, 1.54) is 38.2 Å². The van der Waals surface area contributed by atoms with E-state index in [9.17, 15) is 4.39 Å². The second-order valence-electron chi connectivity index (χ2n) is 4.96. The van der Waals surface area contributed by atoms with Crippen LogP contribution in [0.15, 0.2) is 18.2 Å². The van der Waals surface area contributed by atoms with Crippen LogP contribution in [-0.2, 0) is 0 Å². The molecule has 0 aliphatic heterocycles. The van der Waals surface area contributed by atoms with Crippen molar-refractivity contribution < 1.29 is 4.39 Å². The highest BCUT2D eigenvalue weighted by Gasteiger charge is 2.20. The second kappa shape index (κ2) is 5.72. The predicted octanol–water partition coefficient (Wildman–Crippen LogP) is 4.86. The average molecular weight is 256 g/mol. The summed E-state index contributed by atoms with van der Waals surface area (Å²) in [7, 11) is 0. The van der Waals surface area contributed by atoms with Gasteiger partial charge in [-0.1, -0.05) is 30.9 Å². The molecule has 0 heterocycles. The standard InChI is InChI=1S/C14H19ClFN/c1-10(11-5-3-2-4-6-11)17-14-8-7-12(15)9-13(14)16/h7-11,17H,2-6H2,1H3. The van der Waals surface area contributed by atoms with Gasteiger partial charge >= 0.3 is 0 Å². The predicted molar refractivity (Wildman–Crippen MR) is 71.1 cm³/mol. The molecule has 3 heteroatoms. The Kier molecular flexibility index (Phi) is 4.27. The van der Waals surface area contributed by atoms with Crippen molar-refractivity contribution in [3.63, 3.8) is 0 Å². The van der Waals surface area contributed by atoms with Gasteiger partial charge < -0.3 is 5.32 Å². The Morgan fingerprint density at radius 2 is 2.00 bits per heavy atom. The van der Waals surface area contributed by atoms with Crippen molar-refractivity contribution in [2.75, 3.05) is 5.32 Å². The van der Waals surface area contributed by atoms with Crippen molar-refractivity contribution in [1.29, 1.82) is 0 Å². The summed E-state index contributed by atoms with van der Waals surface area (Å²) < 4.78 is 13.6. The molecule has 1 aromatic carbocycles. The van der Waals surface area contributed by atoms with E-state index >= 15 is 0 Å². The lowest BCUT2D eigenvalue weighted by Gasteiger charge is -2.29. The molecule has 0 radical (unpaired) electrons. The first-order valence-corrected chi connectivity index (χ1v) is 6.76. The normalized spacial score (nSPS) is 19.0. The summed E-state index contributed by atoms with van der Waals surface area (Å²) in [6.45, 7) is 2.14. The topological polar surface area (TPSA) is 12.0 Å². The fraction of sp³-hybridized carbons (Fsp3) is 0.571. The Morgan fingerprint density at radius 1 is 1.29 bits per heavy atom. The molecule has 94 valence electrons. The fourth-order valence-corrected chi connectivity index (χ4v) is 2.76. The largest absolute Gasteiger partial charge is 0.380 e. The molecular formula is C14H19ClFN. The summed E-state index contributed by atoms with van der Waals surface area (Å²) >= 11 is 5.73. The van der Waals surface area contributed by atoms with Gasteiger partial charge in [-0.25, -0.2) is 4.39 Å². The minimum atomic E-state index is -0.264. The molecule has 1 nitrogen and oxygen atoms in total. The minimum Gasteiger partial charge on any atom is -0.380 e. The van der Waals surface area contributed by atoms with Crippen LogP contribution in [0.5, 0.6) is 0 Å². The maximum atomic E-state index is 13.6. The van der Waals surface area contributed by atoms with Crippen LogP contribution in [-0.4, -0.2) is 6.04 Å². The molecule has 1 aliphatic rings. The molecule has 2 rings (SSSR count). The summed E-state index contributed by atoms with van der Waals surface area (Å²) in [4.78, 5) is 0. The number of hydrogen-bond donors (Lipinski definition) is 1. The molecule has 17 heavy (non-hydrogen) atoms. The summed E-state index contributed by atoms with van der Waals surface area (Å²) in [6, 6.07) is 5.13. The molecule has 0 spiro atoms. The average Bonchev–Trinajstić information content (AvgIpc) is 2.34. The van der Waals surface area contributed by atoms with Crippen molar-refractivity contribution in [2.24, 2.45) is 5.92 Å². The van der Waals surface area contributed by atoms with Crippen LogP contribution < -0.4 is 5.32 Å². The van der Waals surface area contributed by atoms with Crippen LogP contribution in [0.2, 0.25) is 5.02 Å². The minimum absolute atomic E-state index is 0.264. The highest BCUT2D eigenvalue weighted by atomic mass is 35.5. The van der Waals surface area contributed by atoms with Gasteiger partial charge in [0.15, 0.2) is 0 Å². The van der Waals surface area contributed by atoms with Gasteiger partial charge in [0.2, 0.25) is 0 Å². The van der Waals surface area contributed by atoms with Crippen LogP contribution >= 0.6 is 11.6 Å². The zero-order valence-corrected chi connectivity index (χ0v) is 10.9. The molecule has 1 atom stereocenters. The highest BCUT2D eigenvalue weighted by molar-refractivity contribution is 6.30. The van der Waals surface area contributed by atoms with Gasteiger partial charge in [-0.15, -0.1) is 0 Å². The van der Waals surface area contributed by atoms with Gasteiger partial charge in [0.1, 0.15) is 5.82 Å². The summed E-state index contributed by atoms with van der Waals surface area (Å²) in [6.07, 6.45) is 6.46. The molecule has 1 saturated carbocycles. The van der Waals surface area contributed by atoms with Gasteiger partial charge in [-0.2, -0.15) is 0 Å². The van der Waals surface area contributed by atoms with Gasteiger partial charge in [0.05, 0.1) is 5.69 Å². The lowest BCUT2D eigenvalue weighted by Crippen LogP contribution is -2.28. The van der Waals surface area contributed by atoms with E-state index in [-0.39, 0.29) is 5.82 Å². The molecule has 1 aromatic rings. The first-order valence-electron chi connectivity index (χ1n) is 6.38. The van der Waals surface area contributed by atoms with Crippen molar-refractivity contribution in [2.45, 2.75) is 45.1 Å². The third kappa shape index (κ3) is 3.35. The Balaban J connectivity index is 1.99. The molecule has 0 saturated heterocycles. The van der Waals surface area contributed by atoms with E-state index in [4.69, 9.17) is 11.6 Å². The Hall–Kier alpha value is -0.760. The van der Waals surface area contributed by atoms with Gasteiger partial charge in [0.25, 0.3) is 0 Å². The van der Waals surface area contributed by atoms with Gasteiger partial charge in [0, 0.05) is 11.1 Å². The van der Waals surface area contributed by atoms with Gasteiger partial charge in [-0.3, -0.25) is 0 Å². The van der Waals surface area contributed by atoms with E-state index in [2.05, 4.69) is 12.2 Å². The smallest absolute Gasteiger partial charge is 0.147 e. The number of benzene rings is 1. The SMILES string of the molecule is CC(Nc1ccc(Cl)cc1F)C1CCCCC1. The third-order valence-corrected chi connectivity index (χ3v) is 3.91. The number of halogens is 2. The van der Waals surface area contributed by atoms with Crippen LogP contribution in [0.25, 0.3) is 0 Å². The first-order chi connectivity index (χ1) is 8.16. The maximum Gasteiger partial charge on any atom is 0.147 e. The van der Waals surface area contributed by atoms with E-state index in [0.29, 0.717) is 22.7 Å². The van der Waals surface area contributed by atoms with Gasteiger partial charge in [-0.05, 0) is 43.9 Å². The van der Waals surface area contributed by atoms with Crippen molar-refractivity contribution in [3.8, 4) is 0 Å².